The number of anilines is 1. The Morgan fingerprint density at radius 3 is 2.28 bits per heavy atom. The third-order valence-electron chi connectivity index (χ3n) is 4.98. The maximum atomic E-state index is 14.2. The summed E-state index contributed by atoms with van der Waals surface area (Å²) in [5, 5.41) is 12.6. The molecule has 8 nitrogen and oxygen atoms in total. The number of amides is 1. The second-order valence-electron chi connectivity index (χ2n) is 7.70. The molecule has 196 valence electrons. The second-order valence-corrected chi connectivity index (χ2v) is 7.70. The van der Waals surface area contributed by atoms with E-state index < -0.39 is 48.2 Å². The first-order valence-electron chi connectivity index (χ1n) is 10.7. The van der Waals surface area contributed by atoms with Gasteiger partial charge in [0.2, 0.25) is 0 Å². The van der Waals surface area contributed by atoms with Crippen LogP contribution in [0.25, 0.3) is 0 Å². The van der Waals surface area contributed by atoms with Gasteiger partial charge in [0.25, 0.3) is 0 Å². The number of nitrogens with one attached hydrogen (secondary N) is 1. The zero-order valence-corrected chi connectivity index (χ0v) is 19.8. The Morgan fingerprint density at radius 1 is 1.06 bits per heavy atom. The maximum Gasteiger partial charge on any atom is 0.396 e. The number of aromatic hydroxyl groups is 1. The van der Waals surface area contributed by atoms with E-state index in [-0.39, 0.29) is 47.9 Å². The van der Waals surface area contributed by atoms with E-state index in [1.807, 2.05) is 0 Å². The Hall–Kier alpha value is -3.83. The average Bonchev–Trinajstić information content (AvgIpc) is 2.79. The predicted molar refractivity (Wildman–Crippen MR) is 120 cm³/mol. The number of rotatable bonds is 10. The Balaban J connectivity index is 2.03. The van der Waals surface area contributed by atoms with Crippen LogP contribution in [0.4, 0.5) is 23.2 Å². The molecule has 0 aromatic heterocycles. The van der Waals surface area contributed by atoms with Crippen LogP contribution < -0.4 is 14.8 Å². The zero-order valence-electron chi connectivity index (χ0n) is 19.8. The van der Waals surface area contributed by atoms with E-state index in [1.165, 1.54) is 32.0 Å². The minimum Gasteiger partial charge on any atom is -0.507 e. The second kappa shape index (κ2) is 12.2. The van der Waals surface area contributed by atoms with E-state index in [0.29, 0.717) is 5.56 Å². The maximum absolute atomic E-state index is 14.2. The van der Waals surface area contributed by atoms with Crippen LogP contribution in [0.5, 0.6) is 17.2 Å². The van der Waals surface area contributed by atoms with Gasteiger partial charge in [-0.25, -0.2) is 9.18 Å². The van der Waals surface area contributed by atoms with Crippen molar-refractivity contribution in [2.24, 2.45) is 0 Å². The third kappa shape index (κ3) is 7.85. The summed E-state index contributed by atoms with van der Waals surface area (Å²) < 4.78 is 67.5. The number of carbonyl (C=O) groups excluding carboxylic acids is 3. The van der Waals surface area contributed by atoms with Crippen LogP contribution in [0, 0.1) is 12.7 Å². The van der Waals surface area contributed by atoms with Crippen LogP contribution in [0.3, 0.4) is 0 Å². The van der Waals surface area contributed by atoms with Gasteiger partial charge in [-0.3, -0.25) is 9.59 Å². The average molecular weight is 515 g/mol. The van der Waals surface area contributed by atoms with Crippen molar-refractivity contribution in [1.82, 2.24) is 0 Å². The van der Waals surface area contributed by atoms with Crippen molar-refractivity contribution in [2.45, 2.75) is 39.3 Å². The highest BCUT2D eigenvalue weighted by Crippen LogP contribution is 2.35. The van der Waals surface area contributed by atoms with Gasteiger partial charge in [0.05, 0.1) is 25.9 Å². The number of esters is 1. The van der Waals surface area contributed by atoms with Gasteiger partial charge in [-0.2, -0.15) is 13.2 Å². The van der Waals surface area contributed by atoms with Gasteiger partial charge in [0.1, 0.15) is 11.5 Å². The lowest BCUT2D eigenvalue weighted by molar-refractivity contribution is -0.150. The van der Waals surface area contributed by atoms with Crippen LogP contribution >= 0.6 is 0 Å². The number of aryl methyl sites for hydroxylation is 1. The molecular formula is C24H25F4NO7. The topological polar surface area (TPSA) is 111 Å². The molecule has 2 N–H and O–H groups in total. The lowest BCUT2D eigenvalue weighted by atomic mass is 10.0. The molecule has 0 saturated heterocycles. The highest BCUT2D eigenvalue weighted by Gasteiger charge is 2.29. The summed E-state index contributed by atoms with van der Waals surface area (Å²) in [7, 11) is 1.04. The van der Waals surface area contributed by atoms with Gasteiger partial charge >= 0.3 is 18.1 Å². The molecule has 0 unspecified atom stereocenters. The number of hydrogen-bond donors (Lipinski definition) is 2. The van der Waals surface area contributed by atoms with Gasteiger partial charge < -0.3 is 24.6 Å². The van der Waals surface area contributed by atoms with Gasteiger partial charge in [-0.05, 0) is 44.0 Å². The number of ether oxygens (including phenoxy) is 3. The summed E-state index contributed by atoms with van der Waals surface area (Å²) in [6.07, 6.45) is -6.11. The molecule has 0 heterocycles. The van der Waals surface area contributed by atoms with Crippen molar-refractivity contribution in [2.75, 3.05) is 25.6 Å². The number of carbonyl (C=O) groups is 3. The summed E-state index contributed by atoms with van der Waals surface area (Å²) >= 11 is 0. The van der Waals surface area contributed by atoms with Crippen molar-refractivity contribution in [3.05, 3.63) is 46.8 Å². The molecule has 0 saturated carbocycles. The third-order valence-corrected chi connectivity index (χ3v) is 4.98. The Labute approximate surface area is 204 Å². The fraction of sp³-hybridized carbons (Fsp3) is 0.375. The summed E-state index contributed by atoms with van der Waals surface area (Å²) in [6.45, 7) is 2.56. The molecule has 2 rings (SSSR count). The molecule has 0 aliphatic rings. The molecule has 36 heavy (non-hydrogen) atoms. The molecule has 2 aromatic carbocycles. The number of methoxy groups -OCH3 is 1. The lowest BCUT2D eigenvalue weighted by Gasteiger charge is -2.16. The van der Waals surface area contributed by atoms with E-state index in [9.17, 15) is 37.1 Å². The van der Waals surface area contributed by atoms with Crippen molar-refractivity contribution >= 4 is 23.3 Å². The quantitative estimate of drug-likeness (QED) is 0.158. The van der Waals surface area contributed by atoms with Gasteiger partial charge in [-0.15, -0.1) is 0 Å². The largest absolute Gasteiger partial charge is 0.507 e. The number of alkyl halides is 3. The molecule has 1 amide bonds. The number of phenols is 1. The van der Waals surface area contributed by atoms with Crippen molar-refractivity contribution < 1.29 is 51.3 Å². The Bertz CT molecular complexity index is 1130. The van der Waals surface area contributed by atoms with Gasteiger partial charge in [0, 0.05) is 30.2 Å². The van der Waals surface area contributed by atoms with Crippen molar-refractivity contribution in [1.29, 1.82) is 0 Å². The molecule has 0 aliphatic heterocycles. The van der Waals surface area contributed by atoms with E-state index >= 15 is 0 Å². The van der Waals surface area contributed by atoms with Crippen molar-refractivity contribution in [3.8, 4) is 17.2 Å². The number of hydrogen-bond acceptors (Lipinski definition) is 7. The Kier molecular flexibility index (Phi) is 9.65. The van der Waals surface area contributed by atoms with Crippen molar-refractivity contribution in [3.63, 3.8) is 0 Å². The fourth-order valence-corrected chi connectivity index (χ4v) is 3.13. The Morgan fingerprint density at radius 2 is 1.69 bits per heavy atom. The molecule has 0 bridgehead atoms. The first kappa shape index (κ1) is 28.4. The molecule has 0 aliphatic carbocycles. The minimum absolute atomic E-state index is 0.0175. The molecule has 0 radical (unpaired) electrons. The van der Waals surface area contributed by atoms with E-state index in [0.717, 1.165) is 13.2 Å². The summed E-state index contributed by atoms with van der Waals surface area (Å²) in [5.41, 5.74) is 0.207. The van der Waals surface area contributed by atoms with Crippen LogP contribution in [-0.4, -0.2) is 49.3 Å². The molecule has 0 fully saturated rings. The number of Topliss-reactive ketones (excluding diaryl/α,β-unsaturated/α-hetero) is 1. The monoisotopic (exact) mass is 515 g/mol. The van der Waals surface area contributed by atoms with Crippen LogP contribution in [0.15, 0.2) is 24.3 Å². The highest BCUT2D eigenvalue weighted by molar-refractivity contribution is 6.37. The summed E-state index contributed by atoms with van der Waals surface area (Å²) in [5.74, 6) is -4.20. The summed E-state index contributed by atoms with van der Waals surface area (Å²) in [4.78, 5) is 34.6. The summed E-state index contributed by atoms with van der Waals surface area (Å²) in [6, 6.07) is 4.86. The predicted octanol–water partition coefficient (Wildman–Crippen LogP) is 4.50. The van der Waals surface area contributed by atoms with E-state index in [4.69, 9.17) is 9.47 Å². The number of phenolic OH excluding ortho intramolecular Hbond substituents is 1. The standard InChI is InChI=1S/C24H25F4NO7/c1-13-11-17(25)20(12-18(13)29-22(32)23(33)34-3)36-10-4-9-35-19-6-5-15(14(2)30)21(31)16(19)7-8-24(26,27)28/h5-6,11-12,31H,4,7-10H2,1-3H3,(H,29,32). The SMILES string of the molecule is COC(=O)C(=O)Nc1cc(OCCCOc2ccc(C(C)=O)c(O)c2CCC(F)(F)F)c(F)cc1C. The van der Waals surface area contributed by atoms with Crippen LogP contribution in [0.2, 0.25) is 0 Å². The smallest absolute Gasteiger partial charge is 0.396 e. The number of benzene rings is 2. The number of halogens is 4. The highest BCUT2D eigenvalue weighted by atomic mass is 19.4. The molecule has 0 spiro atoms. The molecule has 2 aromatic rings. The van der Waals surface area contributed by atoms with Gasteiger partial charge in [-0.1, -0.05) is 0 Å². The van der Waals surface area contributed by atoms with Crippen LogP contribution in [-0.2, 0) is 20.7 Å². The van der Waals surface area contributed by atoms with E-state index in [1.54, 1.807) is 0 Å². The minimum atomic E-state index is -4.48. The van der Waals surface area contributed by atoms with E-state index in [2.05, 4.69) is 10.1 Å². The first-order valence-corrected chi connectivity index (χ1v) is 10.7. The normalized spacial score (nSPS) is 11.1. The van der Waals surface area contributed by atoms with Crippen LogP contribution in [0.1, 0.15) is 41.3 Å². The molecule has 12 heteroatoms. The molecule has 0 atom stereocenters. The lowest BCUT2D eigenvalue weighted by Crippen LogP contribution is -2.24. The first-order chi connectivity index (χ1) is 16.8. The van der Waals surface area contributed by atoms with Gasteiger partial charge in [0.15, 0.2) is 17.3 Å². The fourth-order valence-electron chi connectivity index (χ4n) is 3.13. The molecular weight excluding hydrogens is 490 g/mol. The zero-order chi connectivity index (χ0) is 27.0. The number of ketones is 1.